The summed E-state index contributed by atoms with van der Waals surface area (Å²) >= 11 is 6.52. The predicted molar refractivity (Wildman–Crippen MR) is 143 cm³/mol. The van der Waals surface area contributed by atoms with Gasteiger partial charge in [-0.15, -0.1) is 0 Å². The molecule has 11 nitrogen and oxygen atoms in total. The molecule has 2 fully saturated rings. The molecule has 196 valence electrons. The van der Waals surface area contributed by atoms with Gasteiger partial charge in [-0.1, -0.05) is 30.0 Å². The van der Waals surface area contributed by atoms with Crippen molar-refractivity contribution in [2.45, 2.75) is 25.8 Å². The number of esters is 1. The maximum absolute atomic E-state index is 13.8. The molecule has 0 aliphatic carbocycles. The third-order valence-electron chi connectivity index (χ3n) is 6.13. The number of carbonyl (C=O) groups excluding carboxylic acids is 3. The lowest BCUT2D eigenvalue weighted by atomic mass is 10.1. The number of fused-ring (bicyclic) bond motifs is 1. The minimum atomic E-state index is -0.935. The lowest BCUT2D eigenvalue weighted by Gasteiger charge is -2.36. The molecule has 1 unspecified atom stereocenters. The Hall–Kier alpha value is -3.29. The smallest absolute Gasteiger partial charge is 0.308 e. The molecule has 2 aromatic heterocycles. The second-order valence-corrected chi connectivity index (χ2v) is 10.2. The molecule has 2 aliphatic heterocycles. The first-order chi connectivity index (χ1) is 17.8. The molecule has 13 heteroatoms. The molecule has 37 heavy (non-hydrogen) atoms. The highest BCUT2D eigenvalue weighted by Gasteiger charge is 2.36. The van der Waals surface area contributed by atoms with Crippen molar-refractivity contribution in [3.63, 3.8) is 0 Å². The summed E-state index contributed by atoms with van der Waals surface area (Å²) in [6, 6.07) is 2.62. The van der Waals surface area contributed by atoms with E-state index in [0.717, 1.165) is 17.3 Å². The molecule has 2 amide bonds. The number of anilines is 1. The SMILES string of the molecule is COCCCN1C(=O)C(=Cc2c(N3CCNC(=O)C3CC(=O)OC)nc3c(C)cccn3c2=O)SC1=S. The zero-order chi connectivity index (χ0) is 26.7. The summed E-state index contributed by atoms with van der Waals surface area (Å²) < 4.78 is 11.7. The number of aryl methyl sites for hydroxylation is 1. The number of rotatable bonds is 8. The van der Waals surface area contributed by atoms with Crippen LogP contribution in [0.25, 0.3) is 11.7 Å². The first-order valence-corrected chi connectivity index (χ1v) is 12.9. The topological polar surface area (TPSA) is 123 Å². The summed E-state index contributed by atoms with van der Waals surface area (Å²) in [6.45, 7) is 3.30. The number of aromatic nitrogens is 2. The van der Waals surface area contributed by atoms with Gasteiger partial charge >= 0.3 is 5.97 Å². The molecule has 4 heterocycles. The van der Waals surface area contributed by atoms with E-state index in [0.29, 0.717) is 42.6 Å². The second kappa shape index (κ2) is 11.4. The number of nitrogens with zero attached hydrogens (tertiary/aromatic N) is 4. The van der Waals surface area contributed by atoms with E-state index in [1.54, 1.807) is 24.3 Å². The number of methoxy groups -OCH3 is 2. The highest BCUT2D eigenvalue weighted by atomic mass is 32.2. The van der Waals surface area contributed by atoms with Crippen LogP contribution in [0.2, 0.25) is 0 Å². The standard InChI is InChI=1S/C24H27N5O6S2/c1-14-6-4-8-28-19(14)26-20(27-10-7-25-21(31)16(27)13-18(30)35-3)15(22(28)32)12-17-23(33)29(24(36)37-17)9-5-11-34-2/h4,6,8,12,16H,5,7,9-11,13H2,1-3H3,(H,25,31). The fourth-order valence-corrected chi connectivity index (χ4v) is 5.54. The average molecular weight is 546 g/mol. The van der Waals surface area contributed by atoms with Crippen LogP contribution in [0.1, 0.15) is 24.0 Å². The molecule has 0 radical (unpaired) electrons. The van der Waals surface area contributed by atoms with Crippen molar-refractivity contribution < 1.29 is 23.9 Å². The zero-order valence-electron chi connectivity index (χ0n) is 20.7. The van der Waals surface area contributed by atoms with Crippen LogP contribution in [-0.4, -0.2) is 82.9 Å². The van der Waals surface area contributed by atoms with Crippen LogP contribution in [-0.2, 0) is 23.9 Å². The van der Waals surface area contributed by atoms with Gasteiger partial charge in [0.15, 0.2) is 0 Å². The third-order valence-corrected chi connectivity index (χ3v) is 7.51. The number of carbonyl (C=O) groups is 3. The Kier molecular flexibility index (Phi) is 8.25. The Morgan fingerprint density at radius 3 is 2.84 bits per heavy atom. The molecule has 1 atom stereocenters. The van der Waals surface area contributed by atoms with E-state index < -0.39 is 17.6 Å². The lowest BCUT2D eigenvalue weighted by molar-refractivity contribution is -0.143. The van der Waals surface area contributed by atoms with Crippen molar-refractivity contribution in [1.82, 2.24) is 19.6 Å². The van der Waals surface area contributed by atoms with Crippen LogP contribution >= 0.6 is 24.0 Å². The monoisotopic (exact) mass is 545 g/mol. The quantitative estimate of drug-likeness (QED) is 0.223. The van der Waals surface area contributed by atoms with Gasteiger partial charge in [0.05, 0.1) is 24.0 Å². The van der Waals surface area contributed by atoms with Crippen molar-refractivity contribution in [2.75, 3.05) is 45.4 Å². The Morgan fingerprint density at radius 2 is 2.11 bits per heavy atom. The van der Waals surface area contributed by atoms with Gasteiger partial charge < -0.3 is 19.7 Å². The highest BCUT2D eigenvalue weighted by molar-refractivity contribution is 8.26. The van der Waals surface area contributed by atoms with Gasteiger partial charge in [0, 0.05) is 39.5 Å². The van der Waals surface area contributed by atoms with E-state index in [1.165, 1.54) is 22.5 Å². The molecule has 0 aromatic carbocycles. The summed E-state index contributed by atoms with van der Waals surface area (Å²) in [7, 11) is 2.83. The highest BCUT2D eigenvalue weighted by Crippen LogP contribution is 2.34. The van der Waals surface area contributed by atoms with E-state index in [1.807, 2.05) is 13.0 Å². The van der Waals surface area contributed by atoms with Crippen LogP contribution < -0.4 is 15.8 Å². The van der Waals surface area contributed by atoms with Crippen molar-refractivity contribution >= 4 is 63.6 Å². The summed E-state index contributed by atoms with van der Waals surface area (Å²) in [5, 5.41) is 2.75. The molecule has 0 spiro atoms. The number of nitrogens with one attached hydrogen (secondary N) is 1. The van der Waals surface area contributed by atoms with Crippen LogP contribution in [0, 0.1) is 6.92 Å². The lowest BCUT2D eigenvalue weighted by Crippen LogP contribution is -2.57. The maximum atomic E-state index is 13.8. The van der Waals surface area contributed by atoms with E-state index >= 15 is 0 Å². The number of hydrogen-bond donors (Lipinski definition) is 1. The fraction of sp³-hybridized carbons (Fsp3) is 0.417. The summed E-state index contributed by atoms with van der Waals surface area (Å²) in [4.78, 5) is 60.0. The molecular formula is C24H27N5O6S2. The summed E-state index contributed by atoms with van der Waals surface area (Å²) in [6.07, 6.45) is 3.47. The van der Waals surface area contributed by atoms with E-state index in [9.17, 15) is 19.2 Å². The van der Waals surface area contributed by atoms with Crippen molar-refractivity contribution in [3.8, 4) is 0 Å². The number of thiocarbonyl (C=S) groups is 1. The van der Waals surface area contributed by atoms with Crippen molar-refractivity contribution in [1.29, 1.82) is 0 Å². The van der Waals surface area contributed by atoms with Crippen LogP contribution in [0.5, 0.6) is 0 Å². The number of piperazine rings is 1. The molecule has 2 saturated heterocycles. The molecule has 0 saturated carbocycles. The molecule has 4 rings (SSSR count). The summed E-state index contributed by atoms with van der Waals surface area (Å²) in [5.41, 5.74) is 0.888. The van der Waals surface area contributed by atoms with Crippen LogP contribution in [0.3, 0.4) is 0 Å². The van der Waals surface area contributed by atoms with Gasteiger partial charge in [0.2, 0.25) is 5.91 Å². The van der Waals surface area contributed by atoms with Gasteiger partial charge in [0.1, 0.15) is 21.8 Å². The predicted octanol–water partition coefficient (Wildman–Crippen LogP) is 1.11. The fourth-order valence-electron chi connectivity index (χ4n) is 4.25. The Labute approximate surface area is 222 Å². The van der Waals surface area contributed by atoms with Crippen molar-refractivity contribution in [3.05, 3.63) is 44.7 Å². The molecular weight excluding hydrogens is 518 g/mol. The Morgan fingerprint density at radius 1 is 1.32 bits per heavy atom. The van der Waals surface area contributed by atoms with E-state index in [-0.39, 0.29) is 34.5 Å². The third kappa shape index (κ3) is 5.38. The molecule has 2 aromatic rings. The van der Waals surface area contributed by atoms with Crippen molar-refractivity contribution in [2.24, 2.45) is 0 Å². The largest absolute Gasteiger partial charge is 0.469 e. The van der Waals surface area contributed by atoms with Gasteiger partial charge in [-0.25, -0.2) is 4.98 Å². The molecule has 2 aliphatic rings. The Bertz CT molecular complexity index is 1360. The number of amides is 2. The number of ether oxygens (including phenoxy) is 2. The maximum Gasteiger partial charge on any atom is 0.308 e. The minimum Gasteiger partial charge on any atom is -0.469 e. The molecule has 0 bridgehead atoms. The zero-order valence-corrected chi connectivity index (χ0v) is 22.3. The van der Waals surface area contributed by atoms with E-state index in [2.05, 4.69) is 5.32 Å². The number of thioether (sulfide) groups is 1. The molecule has 1 N–H and O–H groups in total. The normalized spacial score (nSPS) is 19.2. The van der Waals surface area contributed by atoms with E-state index in [4.69, 9.17) is 26.7 Å². The first kappa shape index (κ1) is 26.8. The number of hydrogen-bond acceptors (Lipinski definition) is 10. The van der Waals surface area contributed by atoms with Crippen LogP contribution in [0.15, 0.2) is 28.0 Å². The minimum absolute atomic E-state index is 0.130. The van der Waals surface area contributed by atoms with Gasteiger partial charge in [-0.3, -0.25) is 28.5 Å². The average Bonchev–Trinajstić information content (AvgIpc) is 3.14. The Balaban J connectivity index is 1.85. The number of pyridine rings is 1. The van der Waals surface area contributed by atoms with Gasteiger partial charge in [0.25, 0.3) is 11.5 Å². The van der Waals surface area contributed by atoms with Gasteiger partial charge in [-0.2, -0.15) is 0 Å². The summed E-state index contributed by atoms with van der Waals surface area (Å²) in [5.74, 6) is -1.04. The van der Waals surface area contributed by atoms with Crippen LogP contribution in [0.4, 0.5) is 5.82 Å². The van der Waals surface area contributed by atoms with Gasteiger partial charge in [-0.05, 0) is 31.1 Å². The first-order valence-electron chi connectivity index (χ1n) is 11.6. The second-order valence-electron chi connectivity index (χ2n) is 8.50.